The van der Waals surface area contributed by atoms with Crippen molar-refractivity contribution in [3.63, 3.8) is 0 Å². The van der Waals surface area contributed by atoms with Gasteiger partial charge in [0.1, 0.15) is 12.7 Å². The van der Waals surface area contributed by atoms with Gasteiger partial charge in [0, 0.05) is 23.9 Å². The van der Waals surface area contributed by atoms with Gasteiger partial charge in [0.05, 0.1) is 22.0 Å². The zero-order valence-corrected chi connectivity index (χ0v) is 18.1. The first kappa shape index (κ1) is 19.6. The molecule has 0 aliphatic carbocycles. The van der Waals surface area contributed by atoms with Crippen LogP contribution in [0.4, 0.5) is 0 Å². The number of rotatable bonds is 4. The second kappa shape index (κ2) is 8.07. The van der Waals surface area contributed by atoms with Crippen molar-refractivity contribution in [2.45, 2.75) is 25.2 Å². The van der Waals surface area contributed by atoms with E-state index in [9.17, 15) is 4.79 Å². The number of hydrogen-bond donors (Lipinski definition) is 0. The Hall–Kier alpha value is -3.32. The summed E-state index contributed by atoms with van der Waals surface area (Å²) in [5.74, 6) is 0.0421. The van der Waals surface area contributed by atoms with E-state index in [1.54, 1.807) is 28.6 Å². The number of piperidine rings is 1. The smallest absolute Gasteiger partial charge is 0.255 e. The van der Waals surface area contributed by atoms with Crippen LogP contribution >= 0.6 is 11.3 Å². The number of hydrogen-bond acceptors (Lipinski definition) is 5. The molecule has 4 aromatic rings. The third kappa shape index (κ3) is 3.55. The topological polar surface area (TPSA) is 63.9 Å². The van der Waals surface area contributed by atoms with E-state index in [4.69, 9.17) is 4.98 Å². The van der Waals surface area contributed by atoms with E-state index in [-0.39, 0.29) is 11.3 Å². The molecule has 0 radical (unpaired) electrons. The van der Waals surface area contributed by atoms with E-state index in [0.717, 1.165) is 29.2 Å². The Kier molecular flexibility index (Phi) is 5.11. The summed E-state index contributed by atoms with van der Waals surface area (Å²) in [6.45, 7) is 3.41. The van der Waals surface area contributed by atoms with E-state index in [2.05, 4.69) is 39.8 Å². The maximum Gasteiger partial charge on any atom is 0.255 e. The van der Waals surface area contributed by atoms with Crippen molar-refractivity contribution in [3.8, 4) is 5.69 Å². The maximum atomic E-state index is 13.5. The highest BCUT2D eigenvalue weighted by Crippen LogP contribution is 2.42. The lowest BCUT2D eigenvalue weighted by molar-refractivity contribution is 0.0684. The molecule has 0 atom stereocenters. The van der Waals surface area contributed by atoms with Crippen LogP contribution in [-0.2, 0) is 5.41 Å². The lowest BCUT2D eigenvalue weighted by atomic mass is 9.70. The first-order chi connectivity index (χ1) is 15.2. The van der Waals surface area contributed by atoms with Crippen LogP contribution in [0.5, 0.6) is 0 Å². The summed E-state index contributed by atoms with van der Waals surface area (Å²) in [5.41, 5.74) is 3.71. The van der Waals surface area contributed by atoms with E-state index >= 15 is 0 Å². The Morgan fingerprint density at radius 1 is 0.968 bits per heavy atom. The Bertz CT molecular complexity index is 1180. The lowest BCUT2D eigenvalue weighted by Gasteiger charge is -2.41. The van der Waals surface area contributed by atoms with Crippen LogP contribution in [0.15, 0.2) is 72.6 Å². The highest BCUT2D eigenvalue weighted by molar-refractivity contribution is 7.09. The van der Waals surface area contributed by atoms with Crippen molar-refractivity contribution in [1.29, 1.82) is 0 Å². The third-order valence-corrected chi connectivity index (χ3v) is 6.94. The maximum absolute atomic E-state index is 13.5. The van der Waals surface area contributed by atoms with Crippen molar-refractivity contribution < 1.29 is 4.79 Å². The zero-order chi connectivity index (χ0) is 21.3. The molecule has 1 amide bonds. The molecule has 1 aliphatic heterocycles. The van der Waals surface area contributed by atoms with Gasteiger partial charge in [0.2, 0.25) is 0 Å². The molecular weight excluding hydrogens is 406 g/mol. The minimum atomic E-state index is -0.156. The molecule has 2 aromatic carbocycles. The number of aryl methyl sites for hydroxylation is 1. The largest absolute Gasteiger partial charge is 0.338 e. The Balaban J connectivity index is 1.44. The molecular formula is C24H23N5OS. The van der Waals surface area contributed by atoms with Crippen LogP contribution in [-0.4, -0.2) is 43.6 Å². The van der Waals surface area contributed by atoms with E-state index < -0.39 is 0 Å². The van der Waals surface area contributed by atoms with Gasteiger partial charge in [-0.2, -0.15) is 0 Å². The Morgan fingerprint density at radius 3 is 2.32 bits per heavy atom. The average Bonchev–Trinajstić information content (AvgIpc) is 3.52. The fraction of sp³-hybridized carbons (Fsp3) is 0.250. The third-order valence-electron chi connectivity index (χ3n) is 6.17. The summed E-state index contributed by atoms with van der Waals surface area (Å²) in [6, 6.07) is 18.2. The van der Waals surface area contributed by atoms with E-state index in [1.807, 2.05) is 42.2 Å². The van der Waals surface area contributed by atoms with Gasteiger partial charge in [-0.05, 0) is 37.5 Å². The minimum Gasteiger partial charge on any atom is -0.338 e. The zero-order valence-electron chi connectivity index (χ0n) is 17.3. The fourth-order valence-corrected chi connectivity index (χ4v) is 5.21. The van der Waals surface area contributed by atoms with Gasteiger partial charge in [-0.15, -0.1) is 21.5 Å². The normalized spacial score (nSPS) is 15.7. The first-order valence-corrected chi connectivity index (χ1v) is 11.3. The van der Waals surface area contributed by atoms with Crippen molar-refractivity contribution in [3.05, 3.63) is 94.5 Å². The number of benzene rings is 2. The molecule has 0 saturated carbocycles. The first-order valence-electron chi connectivity index (χ1n) is 10.4. The molecule has 2 aromatic heterocycles. The summed E-state index contributed by atoms with van der Waals surface area (Å²) < 4.78 is 1.78. The van der Waals surface area contributed by atoms with Gasteiger partial charge in [0.25, 0.3) is 5.91 Å². The number of carbonyl (C=O) groups is 1. The molecule has 0 N–H and O–H groups in total. The SMILES string of the molecule is Cc1nc(C2(c3ccccc3)CCN(C(=O)c3ccccc3-n3cnnc3)CC2)cs1. The number of carbonyl (C=O) groups excluding carboxylic acids is 1. The Morgan fingerprint density at radius 2 is 1.65 bits per heavy atom. The van der Waals surface area contributed by atoms with Crippen LogP contribution in [0.3, 0.4) is 0 Å². The van der Waals surface area contributed by atoms with Crippen LogP contribution in [0.2, 0.25) is 0 Å². The molecule has 6 nitrogen and oxygen atoms in total. The Labute approximate surface area is 185 Å². The molecule has 1 saturated heterocycles. The number of para-hydroxylation sites is 1. The van der Waals surface area contributed by atoms with Crippen LogP contribution < -0.4 is 0 Å². The number of aromatic nitrogens is 4. The molecule has 0 spiro atoms. The molecule has 1 fully saturated rings. The number of amides is 1. The van der Waals surface area contributed by atoms with Crippen molar-refractivity contribution in [1.82, 2.24) is 24.6 Å². The molecule has 3 heterocycles. The summed E-state index contributed by atoms with van der Waals surface area (Å²) >= 11 is 1.69. The number of nitrogens with zero attached hydrogens (tertiary/aromatic N) is 5. The van der Waals surface area contributed by atoms with Crippen LogP contribution in [0.1, 0.15) is 39.5 Å². The summed E-state index contributed by atoms with van der Waals surface area (Å²) in [7, 11) is 0. The van der Waals surface area contributed by atoms with Gasteiger partial charge in [-0.25, -0.2) is 4.98 Å². The highest BCUT2D eigenvalue weighted by Gasteiger charge is 2.41. The molecule has 5 rings (SSSR count). The molecule has 7 heteroatoms. The monoisotopic (exact) mass is 429 g/mol. The summed E-state index contributed by atoms with van der Waals surface area (Å²) in [6.07, 6.45) is 4.93. The van der Waals surface area contributed by atoms with Crippen molar-refractivity contribution >= 4 is 17.2 Å². The van der Waals surface area contributed by atoms with Gasteiger partial charge >= 0.3 is 0 Å². The van der Waals surface area contributed by atoms with E-state index in [0.29, 0.717) is 18.7 Å². The standard InChI is InChI=1S/C24H23N5OS/c1-18-27-22(15-31-18)24(19-7-3-2-4-8-19)11-13-28(14-12-24)23(30)20-9-5-6-10-21(20)29-16-25-26-17-29/h2-10,15-17H,11-14H2,1H3. The average molecular weight is 430 g/mol. The molecule has 31 heavy (non-hydrogen) atoms. The van der Waals surface area contributed by atoms with Crippen LogP contribution in [0, 0.1) is 6.92 Å². The molecule has 1 aliphatic rings. The number of thiazole rings is 1. The molecule has 0 bridgehead atoms. The molecule has 156 valence electrons. The lowest BCUT2D eigenvalue weighted by Crippen LogP contribution is -2.46. The number of likely N-dealkylation sites (tertiary alicyclic amines) is 1. The predicted molar refractivity (Wildman–Crippen MR) is 121 cm³/mol. The van der Waals surface area contributed by atoms with Gasteiger partial charge in [0.15, 0.2) is 0 Å². The van der Waals surface area contributed by atoms with Gasteiger partial charge in [-0.1, -0.05) is 42.5 Å². The molecule has 0 unspecified atom stereocenters. The second-order valence-corrected chi connectivity index (χ2v) is 8.94. The van der Waals surface area contributed by atoms with Crippen molar-refractivity contribution in [2.75, 3.05) is 13.1 Å². The predicted octanol–water partition coefficient (Wildman–Crippen LogP) is 4.25. The quantitative estimate of drug-likeness (QED) is 0.486. The van der Waals surface area contributed by atoms with E-state index in [1.165, 1.54) is 5.56 Å². The fourth-order valence-electron chi connectivity index (χ4n) is 4.50. The summed E-state index contributed by atoms with van der Waals surface area (Å²) in [5, 5.41) is 11.0. The highest BCUT2D eigenvalue weighted by atomic mass is 32.1. The van der Waals surface area contributed by atoms with Crippen LogP contribution in [0.25, 0.3) is 5.69 Å². The second-order valence-electron chi connectivity index (χ2n) is 7.88. The summed E-state index contributed by atoms with van der Waals surface area (Å²) in [4.78, 5) is 20.3. The minimum absolute atomic E-state index is 0.0421. The van der Waals surface area contributed by atoms with Crippen molar-refractivity contribution in [2.24, 2.45) is 0 Å². The van der Waals surface area contributed by atoms with Gasteiger partial charge < -0.3 is 4.90 Å². The van der Waals surface area contributed by atoms with Gasteiger partial charge in [-0.3, -0.25) is 9.36 Å².